The molecule has 0 unspecified atom stereocenters. The largest absolute Gasteiger partial charge is 0.350 e. The molecule has 4 aromatic rings. The summed E-state index contributed by atoms with van der Waals surface area (Å²) in [5.74, 6) is -0.101. The van der Waals surface area contributed by atoms with E-state index < -0.39 is 6.04 Å². The van der Waals surface area contributed by atoms with Crippen LogP contribution in [-0.2, 0) is 31.4 Å². The van der Waals surface area contributed by atoms with E-state index in [0.29, 0.717) is 18.1 Å². The lowest BCUT2D eigenvalue weighted by atomic mass is 10.1. The third-order valence-corrected chi connectivity index (χ3v) is 6.08. The first kappa shape index (κ1) is 25.1. The minimum atomic E-state index is -0.508. The molecule has 7 heteroatoms. The highest BCUT2D eigenvalue weighted by Gasteiger charge is 2.20. The van der Waals surface area contributed by atoms with Crippen molar-refractivity contribution in [1.29, 1.82) is 0 Å². The molecule has 0 saturated carbocycles. The van der Waals surface area contributed by atoms with Crippen LogP contribution in [0.3, 0.4) is 0 Å². The van der Waals surface area contributed by atoms with E-state index in [1.54, 1.807) is 0 Å². The molecule has 0 spiro atoms. The lowest BCUT2D eigenvalue weighted by Crippen LogP contribution is -2.49. The third-order valence-electron chi connectivity index (χ3n) is 5.86. The molecule has 1 heterocycles. The Labute approximate surface area is 218 Å². The Balaban J connectivity index is 1.37. The van der Waals surface area contributed by atoms with Crippen LogP contribution in [-0.4, -0.2) is 21.6 Å². The van der Waals surface area contributed by atoms with Gasteiger partial charge in [-0.1, -0.05) is 66.7 Å². The summed E-state index contributed by atoms with van der Waals surface area (Å²) in [4.78, 5) is 13.2. The zero-order valence-corrected chi connectivity index (χ0v) is 21.5. The van der Waals surface area contributed by atoms with Crippen molar-refractivity contribution in [2.24, 2.45) is 7.05 Å². The average molecular weight is 499 g/mol. The van der Waals surface area contributed by atoms with Gasteiger partial charge in [-0.3, -0.25) is 4.79 Å². The standard InChI is InChI=1S/C29H31N5OS/c1-22-7-6-10-26(17-22)31-29(36)32-27(18-23-8-4-3-5-9-23)28(35)30-19-24-11-13-25(14-12-24)20-34-16-15-33(2)21-34/h3-17,21,27H,18-20H2,1-2H3,(H2-,30,31,32,35,36)/p+1/t27-/m0/s1. The van der Waals surface area contributed by atoms with Gasteiger partial charge in [0.15, 0.2) is 5.11 Å². The average Bonchev–Trinajstić information content (AvgIpc) is 3.28. The second-order valence-corrected chi connectivity index (χ2v) is 9.40. The van der Waals surface area contributed by atoms with Crippen LogP contribution in [0.5, 0.6) is 0 Å². The van der Waals surface area contributed by atoms with Gasteiger partial charge in [0.1, 0.15) is 25.0 Å². The van der Waals surface area contributed by atoms with E-state index in [9.17, 15) is 4.79 Å². The molecule has 1 atom stereocenters. The molecule has 0 bridgehead atoms. The maximum absolute atomic E-state index is 13.2. The zero-order valence-electron chi connectivity index (χ0n) is 20.6. The van der Waals surface area contributed by atoms with Gasteiger partial charge in [0, 0.05) is 18.7 Å². The van der Waals surface area contributed by atoms with Gasteiger partial charge in [-0.25, -0.2) is 9.13 Å². The van der Waals surface area contributed by atoms with E-state index in [1.807, 2.05) is 91.9 Å². The third kappa shape index (κ3) is 7.52. The van der Waals surface area contributed by atoms with Gasteiger partial charge in [-0.05, 0) is 53.5 Å². The van der Waals surface area contributed by atoms with Gasteiger partial charge >= 0.3 is 0 Å². The number of anilines is 1. The van der Waals surface area contributed by atoms with Crippen LogP contribution in [0, 0.1) is 6.92 Å². The van der Waals surface area contributed by atoms with Crippen molar-refractivity contribution >= 4 is 28.9 Å². The number of carbonyl (C=O) groups excluding carboxylic acids is 1. The molecule has 1 amide bonds. The lowest BCUT2D eigenvalue weighted by Gasteiger charge is -2.21. The number of hydrogen-bond acceptors (Lipinski definition) is 2. The summed E-state index contributed by atoms with van der Waals surface area (Å²) in [6, 6.07) is 25.7. The van der Waals surface area contributed by atoms with E-state index in [2.05, 4.69) is 44.8 Å². The predicted octanol–water partition coefficient (Wildman–Crippen LogP) is 3.88. The number of thiocarbonyl (C=S) groups is 1. The number of carbonyl (C=O) groups is 1. The number of benzene rings is 3. The number of amides is 1. The monoisotopic (exact) mass is 498 g/mol. The molecule has 184 valence electrons. The summed E-state index contributed by atoms with van der Waals surface area (Å²) in [5, 5.41) is 9.89. The normalized spacial score (nSPS) is 11.5. The molecule has 36 heavy (non-hydrogen) atoms. The van der Waals surface area contributed by atoms with Crippen molar-refractivity contribution in [3.05, 3.63) is 120 Å². The van der Waals surface area contributed by atoms with Crippen molar-refractivity contribution < 1.29 is 9.36 Å². The highest BCUT2D eigenvalue weighted by atomic mass is 32.1. The van der Waals surface area contributed by atoms with Gasteiger partial charge in [-0.15, -0.1) is 0 Å². The van der Waals surface area contributed by atoms with Crippen LogP contribution in [0.2, 0.25) is 0 Å². The van der Waals surface area contributed by atoms with Crippen molar-refractivity contribution in [2.45, 2.75) is 32.5 Å². The molecule has 0 aliphatic rings. The predicted molar refractivity (Wildman–Crippen MR) is 147 cm³/mol. The summed E-state index contributed by atoms with van der Waals surface area (Å²) >= 11 is 5.53. The summed E-state index contributed by atoms with van der Waals surface area (Å²) < 4.78 is 4.15. The maximum Gasteiger partial charge on any atom is 0.243 e. The van der Waals surface area contributed by atoms with Gasteiger partial charge in [0.2, 0.25) is 12.2 Å². The fourth-order valence-corrected chi connectivity index (χ4v) is 4.25. The molecule has 0 aliphatic carbocycles. The molecule has 3 N–H and O–H groups in total. The molecule has 1 aromatic heterocycles. The molecule has 0 fully saturated rings. The second-order valence-electron chi connectivity index (χ2n) is 9.00. The molecule has 0 saturated heterocycles. The van der Waals surface area contributed by atoms with Crippen molar-refractivity contribution in [2.75, 3.05) is 5.32 Å². The van der Waals surface area contributed by atoms with E-state index in [-0.39, 0.29) is 5.91 Å². The van der Waals surface area contributed by atoms with Crippen molar-refractivity contribution in [3.8, 4) is 0 Å². The Morgan fingerprint density at radius 1 is 0.972 bits per heavy atom. The molecular weight excluding hydrogens is 466 g/mol. The lowest BCUT2D eigenvalue weighted by molar-refractivity contribution is -0.671. The van der Waals surface area contributed by atoms with E-state index in [0.717, 1.165) is 28.9 Å². The number of aromatic nitrogens is 2. The van der Waals surface area contributed by atoms with E-state index in [4.69, 9.17) is 12.2 Å². The van der Waals surface area contributed by atoms with Crippen LogP contribution >= 0.6 is 12.2 Å². The van der Waals surface area contributed by atoms with E-state index >= 15 is 0 Å². The first-order valence-corrected chi connectivity index (χ1v) is 12.4. The SMILES string of the molecule is Cc1cccc(NC(=S)N[C@@H](Cc2ccccc2)C(=O)NCc2ccc(Cn3cc[n+](C)c3)cc2)c1. The first-order chi connectivity index (χ1) is 17.4. The summed E-state index contributed by atoms with van der Waals surface area (Å²) in [6.45, 7) is 3.28. The molecular formula is C29H32N5OS+. The van der Waals surface area contributed by atoms with Gasteiger partial charge in [-0.2, -0.15) is 0 Å². The quantitative estimate of drug-likeness (QED) is 0.242. The molecule has 0 aliphatic heterocycles. The Hall–Kier alpha value is -3.97. The number of nitrogens with zero attached hydrogens (tertiary/aromatic N) is 2. The van der Waals surface area contributed by atoms with Crippen LogP contribution in [0.4, 0.5) is 5.69 Å². The van der Waals surface area contributed by atoms with Crippen LogP contribution in [0.1, 0.15) is 22.3 Å². The first-order valence-electron chi connectivity index (χ1n) is 12.0. The molecule has 0 radical (unpaired) electrons. The smallest absolute Gasteiger partial charge is 0.243 e. The molecule has 4 rings (SSSR count). The number of imidazole rings is 1. The van der Waals surface area contributed by atoms with Gasteiger partial charge in [0.05, 0.1) is 7.05 Å². The zero-order chi connectivity index (χ0) is 25.3. The Kier molecular flexibility index (Phi) is 8.47. The maximum atomic E-state index is 13.2. The Bertz CT molecular complexity index is 1300. The van der Waals surface area contributed by atoms with Gasteiger partial charge in [0.25, 0.3) is 0 Å². The number of hydrogen-bond donors (Lipinski definition) is 3. The molecule has 6 nitrogen and oxygen atoms in total. The van der Waals surface area contributed by atoms with Crippen molar-refractivity contribution in [1.82, 2.24) is 15.2 Å². The second kappa shape index (κ2) is 12.1. The highest BCUT2D eigenvalue weighted by molar-refractivity contribution is 7.80. The topological polar surface area (TPSA) is 62.0 Å². The van der Waals surface area contributed by atoms with E-state index in [1.165, 1.54) is 5.56 Å². The summed E-state index contributed by atoms with van der Waals surface area (Å²) in [6.07, 6.45) is 6.64. The van der Waals surface area contributed by atoms with Crippen LogP contribution < -0.4 is 20.5 Å². The fraction of sp³-hybridized carbons (Fsp3) is 0.207. The minimum absolute atomic E-state index is 0.101. The van der Waals surface area contributed by atoms with Crippen molar-refractivity contribution in [3.63, 3.8) is 0 Å². The number of aryl methyl sites for hydroxylation is 2. The molecule has 3 aromatic carbocycles. The number of rotatable bonds is 9. The minimum Gasteiger partial charge on any atom is -0.350 e. The number of nitrogens with one attached hydrogen (secondary N) is 3. The van der Waals surface area contributed by atoms with Crippen LogP contribution in [0.25, 0.3) is 0 Å². The van der Waals surface area contributed by atoms with Gasteiger partial charge < -0.3 is 16.0 Å². The highest BCUT2D eigenvalue weighted by Crippen LogP contribution is 2.11. The summed E-state index contributed by atoms with van der Waals surface area (Å²) in [5.41, 5.74) is 5.34. The van der Waals surface area contributed by atoms with Crippen LogP contribution in [0.15, 0.2) is 97.6 Å². The Morgan fingerprint density at radius 3 is 2.42 bits per heavy atom. The fourth-order valence-electron chi connectivity index (χ4n) is 3.99. The summed E-state index contributed by atoms with van der Waals surface area (Å²) in [7, 11) is 2.01. The Morgan fingerprint density at radius 2 is 1.72 bits per heavy atom.